The normalized spacial score (nSPS) is 19.3. The van der Waals surface area contributed by atoms with Crippen molar-refractivity contribution in [3.63, 3.8) is 0 Å². The molecule has 0 spiro atoms. The monoisotopic (exact) mass is 584 g/mol. The van der Waals surface area contributed by atoms with Gasteiger partial charge >= 0.3 is 12.1 Å². The van der Waals surface area contributed by atoms with Crippen LogP contribution in [0.1, 0.15) is 51.2 Å². The molecule has 1 aliphatic rings. The number of carbonyl (C=O) groups excluding carboxylic acids is 2. The van der Waals surface area contributed by atoms with Crippen molar-refractivity contribution >= 4 is 12.1 Å². The van der Waals surface area contributed by atoms with Crippen molar-refractivity contribution in [3.8, 4) is 23.0 Å². The topological polar surface area (TPSA) is 119 Å². The zero-order chi connectivity index (χ0) is 30.8. The second-order valence-electron chi connectivity index (χ2n) is 12.1. The Bertz CT molecular complexity index is 1200. The summed E-state index contributed by atoms with van der Waals surface area (Å²) in [5.41, 5.74) is 1.97. The van der Waals surface area contributed by atoms with Gasteiger partial charge in [0, 0.05) is 25.7 Å². The molecule has 2 aromatic rings. The van der Waals surface area contributed by atoms with Crippen LogP contribution in [0.3, 0.4) is 0 Å². The summed E-state index contributed by atoms with van der Waals surface area (Å²) in [5.74, 6) is 2.69. The Balaban J connectivity index is 1.44. The summed E-state index contributed by atoms with van der Waals surface area (Å²) in [6.07, 6.45) is 3.96. The lowest BCUT2D eigenvalue weighted by Crippen LogP contribution is -2.53. The van der Waals surface area contributed by atoms with Crippen LogP contribution in [0.15, 0.2) is 36.4 Å². The van der Waals surface area contributed by atoms with Gasteiger partial charge in [0.25, 0.3) is 0 Å². The lowest BCUT2D eigenvalue weighted by Gasteiger charge is -2.46. The molecule has 0 bridgehead atoms. The van der Waals surface area contributed by atoms with Crippen LogP contribution in [0.25, 0.3) is 0 Å². The molecule has 4 amide bonds. The van der Waals surface area contributed by atoms with Crippen molar-refractivity contribution in [1.29, 1.82) is 0 Å². The molecule has 1 saturated carbocycles. The van der Waals surface area contributed by atoms with E-state index >= 15 is 0 Å². The second-order valence-corrected chi connectivity index (χ2v) is 12.1. The first-order chi connectivity index (χ1) is 20.0. The van der Waals surface area contributed by atoms with Gasteiger partial charge in [-0.25, -0.2) is 9.59 Å². The largest absolute Gasteiger partial charge is 0.493 e. The van der Waals surface area contributed by atoms with E-state index in [0.29, 0.717) is 55.5 Å². The summed E-state index contributed by atoms with van der Waals surface area (Å²) >= 11 is 0. The Labute approximate surface area is 250 Å². The summed E-state index contributed by atoms with van der Waals surface area (Å²) < 4.78 is 21.3. The van der Waals surface area contributed by atoms with E-state index in [0.717, 1.165) is 30.4 Å². The predicted octanol–water partition coefficient (Wildman–Crippen LogP) is 4.69. The van der Waals surface area contributed by atoms with Crippen molar-refractivity contribution in [1.82, 2.24) is 21.3 Å². The highest BCUT2D eigenvalue weighted by molar-refractivity contribution is 5.74. The maximum atomic E-state index is 12.8. The molecule has 0 aromatic heterocycles. The standard InChI is InChI=1S/C32H48N4O6/c1-31(2)18-24(36-30(38)34-15-13-23-9-11-26(40-5)28(17-23)42-7)19-32(3,20-31)21-35-29(37)33-14-12-22-8-10-25(39-4)27(16-22)41-6/h8-11,16-17,24H,12-15,18-21H2,1-7H3,(H2,33,35,37)(H2,34,36,38)/t24-,32-/m0/s1. The smallest absolute Gasteiger partial charge is 0.315 e. The first-order valence-corrected chi connectivity index (χ1v) is 14.5. The zero-order valence-electron chi connectivity index (χ0n) is 26.1. The van der Waals surface area contributed by atoms with Gasteiger partial charge in [0.2, 0.25) is 0 Å². The number of hydrogen-bond acceptors (Lipinski definition) is 6. The Morgan fingerprint density at radius 2 is 1.21 bits per heavy atom. The zero-order valence-corrected chi connectivity index (χ0v) is 26.1. The minimum Gasteiger partial charge on any atom is -0.493 e. The summed E-state index contributed by atoms with van der Waals surface area (Å²) in [4.78, 5) is 25.4. The van der Waals surface area contributed by atoms with Gasteiger partial charge in [-0.1, -0.05) is 32.9 Å². The number of amides is 4. The van der Waals surface area contributed by atoms with E-state index in [2.05, 4.69) is 42.0 Å². The van der Waals surface area contributed by atoms with E-state index in [-0.39, 0.29) is 28.9 Å². The Morgan fingerprint density at radius 1 is 0.714 bits per heavy atom. The van der Waals surface area contributed by atoms with Gasteiger partial charge in [0.1, 0.15) is 0 Å². The van der Waals surface area contributed by atoms with Crippen LogP contribution in [-0.4, -0.2) is 66.2 Å². The fourth-order valence-electron chi connectivity index (χ4n) is 6.18. The molecular weight excluding hydrogens is 536 g/mol. The van der Waals surface area contributed by atoms with E-state index in [4.69, 9.17) is 18.9 Å². The molecule has 0 unspecified atom stereocenters. The number of rotatable bonds is 13. The van der Waals surface area contributed by atoms with Crippen LogP contribution in [0, 0.1) is 10.8 Å². The van der Waals surface area contributed by atoms with Gasteiger partial charge in [-0.15, -0.1) is 0 Å². The average Bonchev–Trinajstić information content (AvgIpc) is 2.94. The quantitative estimate of drug-likeness (QED) is 0.271. The molecule has 2 atom stereocenters. The third kappa shape index (κ3) is 9.63. The minimum atomic E-state index is -0.197. The van der Waals surface area contributed by atoms with E-state index in [1.54, 1.807) is 28.4 Å². The molecule has 232 valence electrons. The number of carbonyl (C=O) groups is 2. The lowest BCUT2D eigenvalue weighted by atomic mass is 9.62. The third-order valence-electron chi connectivity index (χ3n) is 7.75. The maximum Gasteiger partial charge on any atom is 0.315 e. The van der Waals surface area contributed by atoms with E-state index in [1.807, 2.05) is 36.4 Å². The fourth-order valence-corrected chi connectivity index (χ4v) is 6.18. The number of nitrogens with one attached hydrogen (secondary N) is 4. The van der Waals surface area contributed by atoms with Crippen molar-refractivity contribution < 1.29 is 28.5 Å². The Hall–Kier alpha value is -3.82. The summed E-state index contributed by atoms with van der Waals surface area (Å²) in [6.45, 7) is 8.14. The number of ether oxygens (including phenoxy) is 4. The number of benzene rings is 2. The highest BCUT2D eigenvalue weighted by atomic mass is 16.5. The molecule has 10 heteroatoms. The SMILES string of the molecule is COc1ccc(CCNC(=O)NC[C@@]2(C)C[C@@H](NC(=O)NCCc3ccc(OC)c(OC)c3)CC(C)(C)C2)cc1OC. The Kier molecular flexibility index (Phi) is 11.6. The van der Waals surface area contributed by atoms with Crippen LogP contribution in [0.5, 0.6) is 23.0 Å². The lowest BCUT2D eigenvalue weighted by molar-refractivity contribution is 0.0749. The maximum absolute atomic E-state index is 12.8. The van der Waals surface area contributed by atoms with Crippen LogP contribution in [0.2, 0.25) is 0 Å². The first-order valence-electron chi connectivity index (χ1n) is 14.5. The molecule has 0 heterocycles. The highest BCUT2D eigenvalue weighted by Crippen LogP contribution is 2.45. The molecule has 0 saturated heterocycles. The Morgan fingerprint density at radius 3 is 1.71 bits per heavy atom. The summed E-state index contributed by atoms with van der Waals surface area (Å²) in [5, 5.41) is 12.2. The van der Waals surface area contributed by atoms with Crippen molar-refractivity contribution in [2.75, 3.05) is 48.1 Å². The van der Waals surface area contributed by atoms with E-state index in [9.17, 15) is 9.59 Å². The fraction of sp³-hybridized carbons (Fsp3) is 0.562. The molecule has 1 fully saturated rings. The first kappa shape index (κ1) is 32.7. The van der Waals surface area contributed by atoms with Gasteiger partial charge in [-0.2, -0.15) is 0 Å². The molecular formula is C32H48N4O6. The number of urea groups is 2. The molecule has 0 radical (unpaired) electrons. The van der Waals surface area contributed by atoms with Gasteiger partial charge in [0.05, 0.1) is 28.4 Å². The molecule has 3 rings (SSSR count). The van der Waals surface area contributed by atoms with Crippen LogP contribution in [0.4, 0.5) is 9.59 Å². The van der Waals surface area contributed by atoms with Gasteiger partial charge in [0.15, 0.2) is 23.0 Å². The predicted molar refractivity (Wildman–Crippen MR) is 164 cm³/mol. The van der Waals surface area contributed by atoms with E-state index < -0.39 is 0 Å². The molecule has 0 aliphatic heterocycles. The number of hydrogen-bond donors (Lipinski definition) is 4. The van der Waals surface area contributed by atoms with Crippen molar-refractivity contribution in [2.45, 2.75) is 58.9 Å². The highest BCUT2D eigenvalue weighted by Gasteiger charge is 2.41. The van der Waals surface area contributed by atoms with Gasteiger partial charge in [-0.3, -0.25) is 0 Å². The molecule has 1 aliphatic carbocycles. The van der Waals surface area contributed by atoms with Crippen LogP contribution >= 0.6 is 0 Å². The van der Waals surface area contributed by atoms with Gasteiger partial charge < -0.3 is 40.2 Å². The van der Waals surface area contributed by atoms with Gasteiger partial charge in [-0.05, 0) is 78.3 Å². The van der Waals surface area contributed by atoms with E-state index in [1.165, 1.54) is 0 Å². The molecule has 42 heavy (non-hydrogen) atoms. The molecule has 10 nitrogen and oxygen atoms in total. The van der Waals surface area contributed by atoms with Crippen LogP contribution < -0.4 is 40.2 Å². The minimum absolute atomic E-state index is 0.00902. The number of methoxy groups -OCH3 is 4. The van der Waals surface area contributed by atoms with Crippen molar-refractivity contribution in [3.05, 3.63) is 47.5 Å². The summed E-state index contributed by atoms with van der Waals surface area (Å²) in [6, 6.07) is 11.1. The third-order valence-corrected chi connectivity index (χ3v) is 7.75. The second kappa shape index (κ2) is 14.9. The van der Waals surface area contributed by atoms with Crippen LogP contribution in [-0.2, 0) is 12.8 Å². The van der Waals surface area contributed by atoms with Crippen molar-refractivity contribution in [2.24, 2.45) is 10.8 Å². The molecule has 4 N–H and O–H groups in total. The summed E-state index contributed by atoms with van der Waals surface area (Å²) in [7, 11) is 6.42. The molecule has 2 aromatic carbocycles. The average molecular weight is 585 g/mol.